The van der Waals surface area contributed by atoms with Gasteiger partial charge in [0.1, 0.15) is 5.75 Å². The summed E-state index contributed by atoms with van der Waals surface area (Å²) in [5.74, 6) is 0.701. The van der Waals surface area contributed by atoms with Gasteiger partial charge >= 0.3 is 0 Å². The number of nitrogens with zero attached hydrogens (tertiary/aromatic N) is 2. The van der Waals surface area contributed by atoms with E-state index in [1.807, 2.05) is 74.8 Å². The summed E-state index contributed by atoms with van der Waals surface area (Å²) < 4.78 is 6.07. The molecule has 0 aliphatic heterocycles. The average molecular weight is 382 g/mol. The van der Waals surface area contributed by atoms with Crippen molar-refractivity contribution in [2.45, 2.75) is 0 Å². The lowest BCUT2D eigenvalue weighted by molar-refractivity contribution is 0.451. The Bertz CT molecular complexity index is 1250. The van der Waals surface area contributed by atoms with E-state index in [1.165, 1.54) is 0 Å². The number of ether oxygens (including phenoxy) is 1. The van der Waals surface area contributed by atoms with Crippen molar-refractivity contribution in [3.05, 3.63) is 78.4 Å². The SMILES string of the molecule is CN(C)C(=S)Oc1ccc2ccccc2c1-c1ccc(C#N)c2ccccc12. The molecule has 0 spiro atoms. The molecule has 0 amide bonds. The Balaban J connectivity index is 2.07. The van der Waals surface area contributed by atoms with E-state index in [1.54, 1.807) is 4.90 Å². The van der Waals surface area contributed by atoms with Gasteiger partial charge < -0.3 is 9.64 Å². The van der Waals surface area contributed by atoms with E-state index in [-0.39, 0.29) is 0 Å². The lowest BCUT2D eigenvalue weighted by atomic mass is 9.91. The van der Waals surface area contributed by atoms with Crippen molar-refractivity contribution in [1.82, 2.24) is 4.90 Å². The fourth-order valence-electron chi connectivity index (χ4n) is 3.41. The second-order valence-corrected chi connectivity index (χ2v) is 7.09. The number of nitriles is 1. The summed E-state index contributed by atoms with van der Waals surface area (Å²) in [6.07, 6.45) is 0. The monoisotopic (exact) mass is 382 g/mol. The highest BCUT2D eigenvalue weighted by molar-refractivity contribution is 7.80. The first-order chi connectivity index (χ1) is 13.6. The van der Waals surface area contributed by atoms with Gasteiger partial charge in [-0.3, -0.25) is 0 Å². The molecular weight excluding hydrogens is 364 g/mol. The molecule has 0 aliphatic carbocycles. The molecule has 0 saturated carbocycles. The third-order valence-corrected chi connectivity index (χ3v) is 5.22. The number of thiocarbonyl (C=S) groups is 1. The van der Waals surface area contributed by atoms with Crippen molar-refractivity contribution in [2.24, 2.45) is 0 Å². The first kappa shape index (κ1) is 18.0. The number of rotatable bonds is 2. The first-order valence-corrected chi connectivity index (χ1v) is 9.34. The quantitative estimate of drug-likeness (QED) is 0.413. The van der Waals surface area contributed by atoms with Gasteiger partial charge in [-0.15, -0.1) is 0 Å². The maximum atomic E-state index is 9.51. The third-order valence-electron chi connectivity index (χ3n) is 4.77. The van der Waals surface area contributed by atoms with Crippen LogP contribution in [0.4, 0.5) is 0 Å². The van der Waals surface area contributed by atoms with Crippen LogP contribution in [-0.2, 0) is 0 Å². The van der Waals surface area contributed by atoms with Crippen molar-refractivity contribution >= 4 is 38.9 Å². The van der Waals surface area contributed by atoms with Crippen LogP contribution in [0, 0.1) is 11.3 Å². The summed E-state index contributed by atoms with van der Waals surface area (Å²) in [6, 6.07) is 26.3. The van der Waals surface area contributed by atoms with Crippen molar-refractivity contribution in [3.63, 3.8) is 0 Å². The van der Waals surface area contributed by atoms with E-state index >= 15 is 0 Å². The highest BCUT2D eigenvalue weighted by Gasteiger charge is 2.17. The van der Waals surface area contributed by atoms with E-state index in [0.29, 0.717) is 16.5 Å². The second-order valence-electron chi connectivity index (χ2n) is 6.74. The molecule has 4 aromatic carbocycles. The molecule has 0 fully saturated rings. The maximum Gasteiger partial charge on any atom is 0.264 e. The van der Waals surface area contributed by atoms with E-state index in [0.717, 1.165) is 32.7 Å². The Morgan fingerprint density at radius 2 is 1.54 bits per heavy atom. The van der Waals surface area contributed by atoms with Gasteiger partial charge in [0.15, 0.2) is 0 Å². The Morgan fingerprint density at radius 1 is 0.857 bits per heavy atom. The minimum Gasteiger partial charge on any atom is -0.431 e. The minimum absolute atomic E-state index is 0.398. The van der Waals surface area contributed by atoms with Crippen LogP contribution in [-0.4, -0.2) is 24.2 Å². The molecule has 0 heterocycles. The minimum atomic E-state index is 0.398. The summed E-state index contributed by atoms with van der Waals surface area (Å²) in [5, 5.41) is 14.0. The number of fused-ring (bicyclic) bond motifs is 2. The highest BCUT2D eigenvalue weighted by Crippen LogP contribution is 2.41. The Labute approximate surface area is 169 Å². The van der Waals surface area contributed by atoms with Crippen LogP contribution in [0.2, 0.25) is 0 Å². The zero-order chi connectivity index (χ0) is 19.7. The summed E-state index contributed by atoms with van der Waals surface area (Å²) in [7, 11) is 3.72. The van der Waals surface area contributed by atoms with E-state index in [9.17, 15) is 5.26 Å². The third kappa shape index (κ3) is 3.06. The van der Waals surface area contributed by atoms with E-state index in [4.69, 9.17) is 17.0 Å². The van der Waals surface area contributed by atoms with Gasteiger partial charge in [-0.05, 0) is 46.1 Å². The fourth-order valence-corrected chi connectivity index (χ4v) is 3.50. The topological polar surface area (TPSA) is 36.3 Å². The van der Waals surface area contributed by atoms with Crippen LogP contribution < -0.4 is 4.74 Å². The summed E-state index contributed by atoms with van der Waals surface area (Å²) in [6.45, 7) is 0. The lowest BCUT2D eigenvalue weighted by Crippen LogP contribution is -2.25. The fraction of sp³-hybridized carbons (Fsp3) is 0.0833. The summed E-state index contributed by atoms with van der Waals surface area (Å²) in [5.41, 5.74) is 2.65. The van der Waals surface area contributed by atoms with Gasteiger partial charge in [-0.2, -0.15) is 5.26 Å². The maximum absolute atomic E-state index is 9.51. The Kier molecular flexibility index (Phi) is 4.68. The predicted octanol–water partition coefficient (Wildman–Crippen LogP) is 5.76. The number of hydrogen-bond acceptors (Lipinski definition) is 3. The molecule has 0 aromatic heterocycles. The van der Waals surface area contributed by atoms with E-state index < -0.39 is 0 Å². The van der Waals surface area contributed by atoms with Gasteiger partial charge in [0.25, 0.3) is 5.17 Å². The molecule has 136 valence electrons. The number of hydrogen-bond donors (Lipinski definition) is 0. The van der Waals surface area contributed by atoms with Crippen LogP contribution in [0.25, 0.3) is 32.7 Å². The molecule has 0 N–H and O–H groups in total. The van der Waals surface area contributed by atoms with Crippen LogP contribution in [0.1, 0.15) is 5.56 Å². The molecule has 0 radical (unpaired) electrons. The van der Waals surface area contributed by atoms with Gasteiger partial charge in [0.2, 0.25) is 0 Å². The standard InChI is InChI=1S/C24H18N2OS/c1-26(2)24(28)27-22-14-12-16-7-3-4-9-19(16)23(22)21-13-11-17(15-25)18-8-5-6-10-20(18)21/h3-14H,1-2H3. The average Bonchev–Trinajstić information content (AvgIpc) is 2.73. The zero-order valence-electron chi connectivity index (χ0n) is 15.6. The Hall–Kier alpha value is -3.42. The molecule has 0 aliphatic rings. The summed E-state index contributed by atoms with van der Waals surface area (Å²) in [4.78, 5) is 1.77. The predicted molar refractivity (Wildman–Crippen MR) is 119 cm³/mol. The normalized spacial score (nSPS) is 10.6. The van der Waals surface area contributed by atoms with Crippen molar-refractivity contribution < 1.29 is 4.74 Å². The number of benzene rings is 4. The Morgan fingerprint density at radius 3 is 2.25 bits per heavy atom. The van der Waals surface area contributed by atoms with Gasteiger partial charge in [0.05, 0.1) is 11.6 Å². The molecule has 0 atom stereocenters. The van der Waals surface area contributed by atoms with Crippen molar-refractivity contribution in [1.29, 1.82) is 5.26 Å². The molecule has 4 heteroatoms. The zero-order valence-corrected chi connectivity index (χ0v) is 16.5. The molecule has 0 bridgehead atoms. The molecule has 4 aromatic rings. The lowest BCUT2D eigenvalue weighted by Gasteiger charge is -2.19. The first-order valence-electron chi connectivity index (χ1n) is 8.93. The molecule has 28 heavy (non-hydrogen) atoms. The molecule has 4 rings (SSSR count). The molecule has 0 saturated heterocycles. The van der Waals surface area contributed by atoms with E-state index in [2.05, 4.69) is 18.2 Å². The van der Waals surface area contributed by atoms with Gasteiger partial charge in [-0.1, -0.05) is 60.7 Å². The van der Waals surface area contributed by atoms with Crippen molar-refractivity contribution in [2.75, 3.05) is 14.1 Å². The van der Waals surface area contributed by atoms with Gasteiger partial charge in [0, 0.05) is 25.0 Å². The second kappa shape index (κ2) is 7.30. The molecule has 0 unspecified atom stereocenters. The smallest absolute Gasteiger partial charge is 0.264 e. The van der Waals surface area contributed by atoms with Crippen molar-refractivity contribution in [3.8, 4) is 22.9 Å². The molecular formula is C24H18N2OS. The molecule has 3 nitrogen and oxygen atoms in total. The van der Waals surface area contributed by atoms with Crippen LogP contribution in [0.3, 0.4) is 0 Å². The van der Waals surface area contributed by atoms with Crippen LogP contribution >= 0.6 is 12.2 Å². The summed E-state index contributed by atoms with van der Waals surface area (Å²) >= 11 is 5.39. The highest BCUT2D eigenvalue weighted by atomic mass is 32.1. The van der Waals surface area contributed by atoms with Crippen LogP contribution in [0.15, 0.2) is 72.8 Å². The van der Waals surface area contributed by atoms with Crippen LogP contribution in [0.5, 0.6) is 5.75 Å². The largest absolute Gasteiger partial charge is 0.431 e. The van der Waals surface area contributed by atoms with Gasteiger partial charge in [-0.25, -0.2) is 0 Å².